The largest absolute Gasteiger partial charge is 0.417 e. The summed E-state index contributed by atoms with van der Waals surface area (Å²) in [5.41, 5.74) is -0.526. The molecular weight excluding hydrogens is 674 g/mol. The molecule has 248 valence electrons. The van der Waals surface area contributed by atoms with Crippen LogP contribution >= 0.6 is 23.2 Å². The van der Waals surface area contributed by atoms with E-state index in [0.29, 0.717) is 21.0 Å². The number of benzene rings is 4. The van der Waals surface area contributed by atoms with Crippen molar-refractivity contribution in [1.82, 2.24) is 10.2 Å². The summed E-state index contributed by atoms with van der Waals surface area (Å²) in [5.74, 6) is -1.36. The van der Waals surface area contributed by atoms with Crippen LogP contribution in [0.5, 0.6) is 0 Å². The van der Waals surface area contributed by atoms with Gasteiger partial charge in [0.05, 0.1) is 21.2 Å². The molecule has 0 aromatic heterocycles. The molecule has 4 aromatic carbocycles. The van der Waals surface area contributed by atoms with E-state index in [1.54, 1.807) is 74.5 Å². The van der Waals surface area contributed by atoms with Crippen LogP contribution in [0, 0.1) is 0 Å². The first-order valence-electron chi connectivity index (χ1n) is 14.5. The summed E-state index contributed by atoms with van der Waals surface area (Å²) in [6.07, 6.45) is -4.86. The van der Waals surface area contributed by atoms with E-state index in [2.05, 4.69) is 5.32 Å². The Labute approximate surface area is 282 Å². The smallest absolute Gasteiger partial charge is 0.352 e. The number of hydrogen-bond acceptors (Lipinski definition) is 4. The lowest BCUT2D eigenvalue weighted by molar-refractivity contribution is -0.140. The molecule has 2 amide bonds. The number of carbonyl (C=O) groups is 2. The van der Waals surface area contributed by atoms with Gasteiger partial charge in [0.15, 0.2) is 0 Å². The van der Waals surface area contributed by atoms with E-state index < -0.39 is 56.9 Å². The molecule has 0 heterocycles. The fraction of sp³-hybridized carbons (Fsp3) is 0.235. The maximum absolute atomic E-state index is 14.4. The van der Waals surface area contributed by atoms with E-state index in [4.69, 9.17) is 23.2 Å². The third-order valence-corrected chi connectivity index (χ3v) is 9.64. The molecule has 1 atom stereocenters. The Kier molecular flexibility index (Phi) is 11.6. The molecule has 13 heteroatoms. The van der Waals surface area contributed by atoms with Crippen molar-refractivity contribution in [2.45, 2.75) is 50.0 Å². The lowest BCUT2D eigenvalue weighted by Gasteiger charge is -2.34. The van der Waals surface area contributed by atoms with Gasteiger partial charge in [-0.1, -0.05) is 89.9 Å². The number of carbonyl (C=O) groups excluding carboxylic acids is 2. The summed E-state index contributed by atoms with van der Waals surface area (Å²) in [5, 5.41) is 2.49. The van der Waals surface area contributed by atoms with Gasteiger partial charge in [-0.25, -0.2) is 8.42 Å². The van der Waals surface area contributed by atoms with Crippen molar-refractivity contribution in [1.29, 1.82) is 0 Å². The Morgan fingerprint density at radius 2 is 1.43 bits per heavy atom. The molecule has 0 spiro atoms. The Hall–Kier alpha value is -4.06. The summed E-state index contributed by atoms with van der Waals surface area (Å²) in [6.45, 7) is 2.37. The summed E-state index contributed by atoms with van der Waals surface area (Å²) < 4.78 is 70.4. The lowest BCUT2D eigenvalue weighted by Crippen LogP contribution is -2.54. The molecule has 0 saturated heterocycles. The van der Waals surface area contributed by atoms with E-state index in [-0.39, 0.29) is 23.9 Å². The Morgan fingerprint density at radius 3 is 2.02 bits per heavy atom. The third kappa shape index (κ3) is 9.06. The van der Waals surface area contributed by atoms with Gasteiger partial charge in [-0.2, -0.15) is 13.2 Å². The zero-order chi connectivity index (χ0) is 34.4. The molecule has 0 radical (unpaired) electrons. The number of alkyl halides is 3. The van der Waals surface area contributed by atoms with Crippen LogP contribution in [-0.2, 0) is 38.8 Å². The van der Waals surface area contributed by atoms with Gasteiger partial charge in [-0.15, -0.1) is 0 Å². The predicted octanol–water partition coefficient (Wildman–Crippen LogP) is 7.37. The lowest BCUT2D eigenvalue weighted by atomic mass is 10.0. The fourth-order valence-corrected chi connectivity index (χ4v) is 6.73. The van der Waals surface area contributed by atoms with E-state index in [9.17, 15) is 31.2 Å². The highest BCUT2D eigenvalue weighted by Gasteiger charge is 2.38. The van der Waals surface area contributed by atoms with Crippen LogP contribution in [0.3, 0.4) is 0 Å². The van der Waals surface area contributed by atoms with Crippen molar-refractivity contribution < 1.29 is 31.2 Å². The van der Waals surface area contributed by atoms with Gasteiger partial charge in [0.25, 0.3) is 10.0 Å². The monoisotopic (exact) mass is 705 g/mol. The fourth-order valence-electron chi connectivity index (χ4n) is 4.88. The SMILES string of the molecule is CC(C)NC(=O)C(Cc1ccccc1)N(Cc1ccccc1Cl)C(=O)CN(c1ccc(Cl)c(C(F)(F)F)c1)S(=O)(=O)c1ccccc1. The number of rotatable bonds is 12. The highest BCUT2D eigenvalue weighted by Crippen LogP contribution is 2.38. The minimum absolute atomic E-state index is 0.0557. The Morgan fingerprint density at radius 1 is 0.830 bits per heavy atom. The molecule has 0 aliphatic carbocycles. The number of sulfonamides is 1. The first kappa shape index (κ1) is 35.8. The third-order valence-electron chi connectivity index (χ3n) is 7.15. The number of anilines is 1. The van der Waals surface area contributed by atoms with Crippen molar-refractivity contribution in [2.24, 2.45) is 0 Å². The molecule has 1 unspecified atom stereocenters. The standard InChI is InChI=1S/C34H32Cl2F3N3O4S/c1-23(2)40-33(44)31(19-24-11-5-3-6-12-24)41(21-25-13-9-10-16-29(25)35)32(43)22-42(47(45,46)27-14-7-4-8-15-27)26-17-18-30(36)28(20-26)34(37,38)39/h3-18,20,23,31H,19,21-22H2,1-2H3,(H,40,44). The quantitative estimate of drug-likeness (QED) is 0.167. The minimum Gasteiger partial charge on any atom is -0.352 e. The van der Waals surface area contributed by atoms with Crippen molar-refractivity contribution in [3.8, 4) is 0 Å². The summed E-state index contributed by atoms with van der Waals surface area (Å²) in [7, 11) is -4.61. The van der Waals surface area contributed by atoms with Crippen LogP contribution in [-0.4, -0.2) is 43.8 Å². The highest BCUT2D eigenvalue weighted by molar-refractivity contribution is 7.92. The highest BCUT2D eigenvalue weighted by atomic mass is 35.5. The van der Waals surface area contributed by atoms with Crippen molar-refractivity contribution in [2.75, 3.05) is 10.8 Å². The zero-order valence-corrected chi connectivity index (χ0v) is 27.7. The topological polar surface area (TPSA) is 86.8 Å². The number of halogens is 5. The van der Waals surface area contributed by atoms with E-state index >= 15 is 0 Å². The average molecular weight is 707 g/mol. The van der Waals surface area contributed by atoms with Gasteiger partial charge in [-0.3, -0.25) is 13.9 Å². The molecule has 4 aromatic rings. The molecule has 47 heavy (non-hydrogen) atoms. The molecular formula is C34H32Cl2F3N3O4S. The molecule has 0 bridgehead atoms. The van der Waals surface area contributed by atoms with Gasteiger partial charge in [0.1, 0.15) is 12.6 Å². The summed E-state index contributed by atoms with van der Waals surface area (Å²) >= 11 is 12.3. The van der Waals surface area contributed by atoms with Crippen LogP contribution in [0.2, 0.25) is 10.0 Å². The zero-order valence-electron chi connectivity index (χ0n) is 25.4. The van der Waals surface area contributed by atoms with Crippen LogP contribution < -0.4 is 9.62 Å². The Bertz CT molecular complexity index is 1810. The van der Waals surface area contributed by atoms with Gasteiger partial charge < -0.3 is 10.2 Å². The van der Waals surface area contributed by atoms with Crippen molar-refractivity contribution >= 4 is 50.7 Å². The second-order valence-corrected chi connectivity index (χ2v) is 13.6. The maximum atomic E-state index is 14.4. The molecule has 0 saturated carbocycles. The Balaban J connectivity index is 1.87. The van der Waals surface area contributed by atoms with Gasteiger partial charge in [0.2, 0.25) is 11.8 Å². The second kappa shape index (κ2) is 15.2. The maximum Gasteiger partial charge on any atom is 0.417 e. The molecule has 1 N–H and O–H groups in total. The van der Waals surface area contributed by atoms with Crippen LogP contribution in [0.15, 0.2) is 108 Å². The second-order valence-electron chi connectivity index (χ2n) is 11.0. The van der Waals surface area contributed by atoms with Crippen molar-refractivity contribution in [3.63, 3.8) is 0 Å². The molecule has 0 fully saturated rings. The van der Waals surface area contributed by atoms with Crippen LogP contribution in [0.4, 0.5) is 18.9 Å². The molecule has 7 nitrogen and oxygen atoms in total. The first-order valence-corrected chi connectivity index (χ1v) is 16.7. The van der Waals surface area contributed by atoms with Crippen LogP contribution in [0.25, 0.3) is 0 Å². The minimum atomic E-state index is -4.91. The van der Waals surface area contributed by atoms with E-state index in [1.165, 1.54) is 29.2 Å². The number of nitrogens with zero attached hydrogens (tertiary/aromatic N) is 2. The summed E-state index contributed by atoms with van der Waals surface area (Å²) in [6, 6.07) is 23.7. The number of nitrogens with one attached hydrogen (secondary N) is 1. The molecule has 0 aliphatic heterocycles. The van der Waals surface area contributed by atoms with Crippen LogP contribution in [0.1, 0.15) is 30.5 Å². The molecule has 4 rings (SSSR count). The number of amides is 2. The van der Waals surface area contributed by atoms with E-state index in [0.717, 1.165) is 17.7 Å². The normalized spacial score (nSPS) is 12.4. The molecule has 0 aliphatic rings. The number of hydrogen-bond donors (Lipinski definition) is 1. The predicted molar refractivity (Wildman–Crippen MR) is 177 cm³/mol. The van der Waals surface area contributed by atoms with Gasteiger partial charge in [-0.05, 0) is 61.4 Å². The first-order chi connectivity index (χ1) is 22.2. The van der Waals surface area contributed by atoms with E-state index in [1.807, 2.05) is 0 Å². The average Bonchev–Trinajstić information content (AvgIpc) is 3.02. The van der Waals surface area contributed by atoms with Gasteiger partial charge >= 0.3 is 6.18 Å². The van der Waals surface area contributed by atoms with Gasteiger partial charge in [0, 0.05) is 24.0 Å². The summed E-state index contributed by atoms with van der Waals surface area (Å²) in [4.78, 5) is 29.1. The van der Waals surface area contributed by atoms with Crippen molar-refractivity contribution in [3.05, 3.63) is 130 Å².